The molecule has 0 amide bonds. The van der Waals surface area contributed by atoms with Crippen molar-refractivity contribution in [3.8, 4) is 6.07 Å². The summed E-state index contributed by atoms with van der Waals surface area (Å²) in [7, 11) is 0. The summed E-state index contributed by atoms with van der Waals surface area (Å²) in [5, 5.41) is 9.34. The summed E-state index contributed by atoms with van der Waals surface area (Å²) in [6, 6.07) is 2.64. The number of rotatable bonds is 2. The Balaban J connectivity index is 2.14. The minimum Gasteiger partial charge on any atom is -0.198 e. The van der Waals surface area contributed by atoms with Crippen LogP contribution in [0.4, 0.5) is 0 Å². The van der Waals surface area contributed by atoms with Gasteiger partial charge in [0.25, 0.3) is 0 Å². The Bertz CT molecular complexity index is 238. The van der Waals surface area contributed by atoms with E-state index in [0.717, 1.165) is 18.3 Å². The van der Waals surface area contributed by atoms with Gasteiger partial charge in [-0.05, 0) is 43.4 Å². The number of fused-ring (bicyclic) bond motifs is 2. The predicted molar refractivity (Wildman–Crippen MR) is 52.9 cm³/mol. The number of nitrogens with zero attached hydrogens (tertiary/aromatic N) is 1. The molecule has 0 N–H and O–H groups in total. The third-order valence-corrected chi connectivity index (χ3v) is 3.97. The summed E-state index contributed by atoms with van der Waals surface area (Å²) in [6.07, 6.45) is 6.40. The molecule has 2 bridgehead atoms. The van der Waals surface area contributed by atoms with Crippen LogP contribution in [0.2, 0.25) is 0 Å². The maximum Gasteiger partial charge on any atom is 0.0692 e. The third-order valence-electron chi connectivity index (χ3n) is 3.97. The average molecular weight is 177 g/mol. The highest BCUT2D eigenvalue weighted by molar-refractivity contribution is 5.11. The van der Waals surface area contributed by atoms with Crippen LogP contribution < -0.4 is 0 Å². The van der Waals surface area contributed by atoms with E-state index in [4.69, 9.17) is 0 Å². The Morgan fingerprint density at radius 1 is 1.46 bits per heavy atom. The molecule has 2 saturated carbocycles. The van der Waals surface area contributed by atoms with Gasteiger partial charge in [-0.15, -0.1) is 0 Å². The van der Waals surface area contributed by atoms with E-state index < -0.39 is 0 Å². The topological polar surface area (TPSA) is 23.8 Å². The van der Waals surface area contributed by atoms with Gasteiger partial charge in [-0.2, -0.15) is 5.26 Å². The molecule has 0 heterocycles. The molecule has 1 nitrogen and oxygen atoms in total. The van der Waals surface area contributed by atoms with Gasteiger partial charge in [0, 0.05) is 0 Å². The highest BCUT2D eigenvalue weighted by Crippen LogP contribution is 2.58. The van der Waals surface area contributed by atoms with Crippen LogP contribution in [-0.2, 0) is 0 Å². The number of hydrogen-bond donors (Lipinski definition) is 0. The van der Waals surface area contributed by atoms with Gasteiger partial charge in [0.15, 0.2) is 0 Å². The minimum atomic E-state index is 0.0804. The molecule has 1 heteroatoms. The van der Waals surface area contributed by atoms with Crippen molar-refractivity contribution in [2.45, 2.75) is 46.0 Å². The molecule has 13 heavy (non-hydrogen) atoms. The SMILES string of the molecule is CC(C)CC1(C#N)CC2CCC1C2. The second-order valence-electron chi connectivity index (χ2n) is 5.45. The lowest BCUT2D eigenvalue weighted by Crippen LogP contribution is -2.27. The van der Waals surface area contributed by atoms with Crippen LogP contribution in [0.5, 0.6) is 0 Å². The first-order valence-electron chi connectivity index (χ1n) is 5.57. The Morgan fingerprint density at radius 3 is 2.62 bits per heavy atom. The molecule has 0 aromatic carbocycles. The van der Waals surface area contributed by atoms with E-state index in [2.05, 4.69) is 19.9 Å². The normalized spacial score (nSPS) is 42.6. The van der Waals surface area contributed by atoms with Gasteiger partial charge in [-0.3, -0.25) is 0 Å². The smallest absolute Gasteiger partial charge is 0.0692 e. The first kappa shape index (κ1) is 9.06. The van der Waals surface area contributed by atoms with Crippen molar-refractivity contribution in [1.29, 1.82) is 5.26 Å². The fraction of sp³-hybridized carbons (Fsp3) is 0.917. The van der Waals surface area contributed by atoms with Crippen LogP contribution in [0, 0.1) is 34.5 Å². The maximum atomic E-state index is 9.34. The fourth-order valence-electron chi connectivity index (χ4n) is 3.61. The molecule has 72 valence electrons. The van der Waals surface area contributed by atoms with Crippen LogP contribution in [-0.4, -0.2) is 0 Å². The van der Waals surface area contributed by atoms with Crippen molar-refractivity contribution < 1.29 is 0 Å². The van der Waals surface area contributed by atoms with E-state index in [-0.39, 0.29) is 5.41 Å². The van der Waals surface area contributed by atoms with E-state index in [1.807, 2.05) is 0 Å². The zero-order chi connectivity index (χ0) is 9.47. The lowest BCUT2D eigenvalue weighted by Gasteiger charge is -2.32. The maximum absolute atomic E-state index is 9.34. The van der Waals surface area contributed by atoms with Crippen molar-refractivity contribution in [2.24, 2.45) is 23.2 Å². The standard InChI is InChI=1S/C12H19N/c1-9(2)6-12(8-13)7-10-3-4-11(12)5-10/h9-11H,3-7H2,1-2H3. The molecule has 0 aromatic heterocycles. The van der Waals surface area contributed by atoms with Gasteiger partial charge in [0.2, 0.25) is 0 Å². The van der Waals surface area contributed by atoms with Crippen LogP contribution in [0.15, 0.2) is 0 Å². The van der Waals surface area contributed by atoms with Crippen molar-refractivity contribution in [1.82, 2.24) is 0 Å². The molecule has 3 atom stereocenters. The molecule has 2 aliphatic carbocycles. The molecule has 0 saturated heterocycles. The zero-order valence-electron chi connectivity index (χ0n) is 8.71. The molecule has 2 fully saturated rings. The van der Waals surface area contributed by atoms with Crippen molar-refractivity contribution in [3.63, 3.8) is 0 Å². The van der Waals surface area contributed by atoms with Gasteiger partial charge >= 0.3 is 0 Å². The highest BCUT2D eigenvalue weighted by atomic mass is 14.6. The predicted octanol–water partition coefficient (Wildman–Crippen LogP) is 3.36. The van der Waals surface area contributed by atoms with Crippen molar-refractivity contribution in [3.05, 3.63) is 0 Å². The molecular formula is C12H19N. The fourth-order valence-corrected chi connectivity index (χ4v) is 3.61. The Kier molecular flexibility index (Phi) is 2.10. The molecular weight excluding hydrogens is 158 g/mol. The summed E-state index contributed by atoms with van der Waals surface area (Å²) < 4.78 is 0. The van der Waals surface area contributed by atoms with Gasteiger partial charge in [0.05, 0.1) is 11.5 Å². The summed E-state index contributed by atoms with van der Waals surface area (Å²) in [4.78, 5) is 0. The molecule has 2 aliphatic rings. The summed E-state index contributed by atoms with van der Waals surface area (Å²) in [5.74, 6) is 2.31. The highest BCUT2D eigenvalue weighted by Gasteiger charge is 2.51. The van der Waals surface area contributed by atoms with Gasteiger partial charge in [-0.25, -0.2) is 0 Å². The number of hydrogen-bond acceptors (Lipinski definition) is 1. The van der Waals surface area contributed by atoms with E-state index in [1.165, 1.54) is 25.7 Å². The number of nitriles is 1. The van der Waals surface area contributed by atoms with Crippen LogP contribution in [0.25, 0.3) is 0 Å². The van der Waals surface area contributed by atoms with Crippen molar-refractivity contribution in [2.75, 3.05) is 0 Å². The van der Waals surface area contributed by atoms with Crippen LogP contribution in [0.3, 0.4) is 0 Å². The molecule has 0 aromatic rings. The third kappa shape index (κ3) is 1.37. The van der Waals surface area contributed by atoms with Crippen LogP contribution >= 0.6 is 0 Å². The summed E-state index contributed by atoms with van der Waals surface area (Å²) in [5.41, 5.74) is 0.0804. The second-order valence-corrected chi connectivity index (χ2v) is 5.45. The first-order valence-corrected chi connectivity index (χ1v) is 5.57. The lowest BCUT2D eigenvalue weighted by atomic mass is 9.69. The molecule has 0 spiro atoms. The average Bonchev–Trinajstić information content (AvgIpc) is 2.62. The van der Waals surface area contributed by atoms with Crippen molar-refractivity contribution >= 4 is 0 Å². The van der Waals surface area contributed by atoms with Crippen LogP contribution in [0.1, 0.15) is 46.0 Å². The quantitative estimate of drug-likeness (QED) is 0.634. The van der Waals surface area contributed by atoms with E-state index in [0.29, 0.717) is 5.92 Å². The molecule has 3 unspecified atom stereocenters. The first-order chi connectivity index (χ1) is 6.16. The van der Waals surface area contributed by atoms with Gasteiger partial charge in [-0.1, -0.05) is 20.3 Å². The van der Waals surface area contributed by atoms with Gasteiger partial charge < -0.3 is 0 Å². The molecule has 0 radical (unpaired) electrons. The summed E-state index contributed by atoms with van der Waals surface area (Å²) in [6.45, 7) is 4.48. The lowest BCUT2D eigenvalue weighted by molar-refractivity contribution is 0.198. The minimum absolute atomic E-state index is 0.0804. The monoisotopic (exact) mass is 177 g/mol. The van der Waals surface area contributed by atoms with Gasteiger partial charge in [0.1, 0.15) is 0 Å². The largest absolute Gasteiger partial charge is 0.198 e. The second kappa shape index (κ2) is 3.01. The van der Waals surface area contributed by atoms with E-state index in [9.17, 15) is 5.26 Å². The van der Waals surface area contributed by atoms with E-state index in [1.54, 1.807) is 0 Å². The molecule has 0 aliphatic heterocycles. The Morgan fingerprint density at radius 2 is 2.23 bits per heavy atom. The Hall–Kier alpha value is -0.510. The Labute approximate surface area is 81.1 Å². The van der Waals surface area contributed by atoms with E-state index >= 15 is 0 Å². The summed E-state index contributed by atoms with van der Waals surface area (Å²) >= 11 is 0. The molecule has 2 rings (SSSR count). The zero-order valence-corrected chi connectivity index (χ0v) is 8.71.